The molecule has 5 heteroatoms. The Balaban J connectivity index is 2.46. The summed E-state index contributed by atoms with van der Waals surface area (Å²) in [6.45, 7) is 3.90. The normalized spacial score (nSPS) is 28.1. The molecule has 0 aromatic carbocycles. The average molecular weight is 221 g/mol. The lowest BCUT2D eigenvalue weighted by molar-refractivity contribution is 0.0367. The lowest BCUT2D eigenvalue weighted by Crippen LogP contribution is -2.41. The minimum Gasteiger partial charge on any atom is -0.393 e. The Kier molecular flexibility index (Phi) is 3.55. The summed E-state index contributed by atoms with van der Waals surface area (Å²) < 4.78 is 24.7. The zero-order valence-electron chi connectivity index (χ0n) is 8.97. The Hall–Kier alpha value is -0.130. The molecule has 0 heterocycles. The smallest absolute Gasteiger partial charge is 0.216 e. The average Bonchev–Trinajstić information content (AvgIpc) is 2.01. The van der Waals surface area contributed by atoms with E-state index >= 15 is 0 Å². The van der Waals surface area contributed by atoms with E-state index in [4.69, 9.17) is 5.11 Å². The predicted molar refractivity (Wildman–Crippen MR) is 55.4 cm³/mol. The lowest BCUT2D eigenvalue weighted by Gasteiger charge is -2.34. The van der Waals surface area contributed by atoms with E-state index in [9.17, 15) is 8.42 Å². The molecule has 0 atom stereocenters. The van der Waals surface area contributed by atoms with Gasteiger partial charge in [-0.3, -0.25) is 0 Å². The second-order valence-electron chi connectivity index (χ2n) is 4.37. The standard InChI is InChI=1S/C9H19NO3S/c1-7(2)14(12,13)10(3)6-8-4-9(11)5-8/h7-9,11H,4-6H2,1-3H3. The first-order valence-corrected chi connectivity index (χ1v) is 6.47. The van der Waals surface area contributed by atoms with Crippen molar-refractivity contribution >= 4 is 10.0 Å². The van der Waals surface area contributed by atoms with Crippen molar-refractivity contribution in [3.63, 3.8) is 0 Å². The van der Waals surface area contributed by atoms with Crippen molar-refractivity contribution in [1.82, 2.24) is 4.31 Å². The van der Waals surface area contributed by atoms with Gasteiger partial charge < -0.3 is 5.11 Å². The summed E-state index contributed by atoms with van der Waals surface area (Å²) in [6.07, 6.45) is 1.26. The zero-order chi connectivity index (χ0) is 10.9. The largest absolute Gasteiger partial charge is 0.393 e. The van der Waals surface area contributed by atoms with Crippen molar-refractivity contribution in [3.8, 4) is 0 Å². The van der Waals surface area contributed by atoms with Gasteiger partial charge in [0.1, 0.15) is 0 Å². The Bertz CT molecular complexity index is 280. The molecule has 4 nitrogen and oxygen atoms in total. The maximum atomic E-state index is 11.7. The Morgan fingerprint density at radius 1 is 1.43 bits per heavy atom. The van der Waals surface area contributed by atoms with Crippen molar-refractivity contribution in [2.75, 3.05) is 13.6 Å². The van der Waals surface area contributed by atoms with Gasteiger partial charge >= 0.3 is 0 Å². The lowest BCUT2D eigenvalue weighted by atomic mass is 9.82. The van der Waals surface area contributed by atoms with E-state index in [0.717, 1.165) is 12.8 Å². The Morgan fingerprint density at radius 3 is 2.29 bits per heavy atom. The summed E-state index contributed by atoms with van der Waals surface area (Å²) in [4.78, 5) is 0. The molecule has 1 fully saturated rings. The topological polar surface area (TPSA) is 57.6 Å². The molecular formula is C9H19NO3S. The molecule has 0 bridgehead atoms. The maximum absolute atomic E-state index is 11.7. The van der Waals surface area contributed by atoms with Gasteiger partial charge in [-0.15, -0.1) is 0 Å². The molecule has 0 unspecified atom stereocenters. The molecule has 0 saturated heterocycles. The van der Waals surface area contributed by atoms with Crippen LogP contribution in [0.15, 0.2) is 0 Å². The van der Waals surface area contributed by atoms with Crippen LogP contribution in [0.2, 0.25) is 0 Å². The van der Waals surface area contributed by atoms with E-state index in [0.29, 0.717) is 12.5 Å². The van der Waals surface area contributed by atoms with Crippen molar-refractivity contribution in [2.24, 2.45) is 5.92 Å². The molecule has 0 spiro atoms. The van der Waals surface area contributed by atoms with Gasteiger partial charge in [0, 0.05) is 13.6 Å². The molecule has 1 aliphatic rings. The number of rotatable bonds is 4. The van der Waals surface area contributed by atoms with Crippen LogP contribution in [0.3, 0.4) is 0 Å². The second-order valence-corrected chi connectivity index (χ2v) is 6.96. The molecule has 0 amide bonds. The van der Waals surface area contributed by atoms with Gasteiger partial charge in [0.25, 0.3) is 0 Å². The van der Waals surface area contributed by atoms with E-state index in [1.807, 2.05) is 0 Å². The van der Waals surface area contributed by atoms with E-state index in [1.54, 1.807) is 20.9 Å². The van der Waals surface area contributed by atoms with E-state index in [-0.39, 0.29) is 11.4 Å². The Labute approximate surface area is 86.0 Å². The number of hydrogen-bond acceptors (Lipinski definition) is 3. The molecule has 0 radical (unpaired) electrons. The molecule has 1 N–H and O–H groups in total. The van der Waals surface area contributed by atoms with Crippen molar-refractivity contribution in [3.05, 3.63) is 0 Å². The highest BCUT2D eigenvalue weighted by molar-refractivity contribution is 7.89. The molecule has 84 valence electrons. The first-order valence-electron chi connectivity index (χ1n) is 4.97. The van der Waals surface area contributed by atoms with Crippen LogP contribution in [0.25, 0.3) is 0 Å². The van der Waals surface area contributed by atoms with E-state index in [2.05, 4.69) is 0 Å². The highest BCUT2D eigenvalue weighted by Gasteiger charge is 2.31. The highest BCUT2D eigenvalue weighted by atomic mass is 32.2. The minimum absolute atomic E-state index is 0.213. The van der Waals surface area contributed by atoms with E-state index < -0.39 is 10.0 Å². The van der Waals surface area contributed by atoms with Crippen LogP contribution in [-0.2, 0) is 10.0 Å². The van der Waals surface area contributed by atoms with Crippen LogP contribution >= 0.6 is 0 Å². The van der Waals surface area contributed by atoms with Crippen molar-refractivity contribution in [1.29, 1.82) is 0 Å². The number of hydrogen-bond donors (Lipinski definition) is 1. The van der Waals surface area contributed by atoms with Gasteiger partial charge in [0.15, 0.2) is 0 Å². The third kappa shape index (κ3) is 2.46. The fraction of sp³-hybridized carbons (Fsp3) is 1.00. The summed E-state index contributed by atoms with van der Waals surface area (Å²) in [5, 5.41) is 8.71. The summed E-state index contributed by atoms with van der Waals surface area (Å²) in [7, 11) is -1.50. The molecule has 1 saturated carbocycles. The molecule has 14 heavy (non-hydrogen) atoms. The van der Waals surface area contributed by atoms with Gasteiger partial charge in [-0.1, -0.05) is 0 Å². The number of nitrogens with zero attached hydrogens (tertiary/aromatic N) is 1. The van der Waals surface area contributed by atoms with Crippen LogP contribution < -0.4 is 0 Å². The monoisotopic (exact) mass is 221 g/mol. The van der Waals surface area contributed by atoms with Crippen LogP contribution in [0.5, 0.6) is 0 Å². The first kappa shape index (κ1) is 11.9. The summed E-state index contributed by atoms with van der Waals surface area (Å²) in [6, 6.07) is 0. The molecule has 0 aromatic rings. The molecule has 0 aliphatic heterocycles. The molecular weight excluding hydrogens is 202 g/mol. The van der Waals surface area contributed by atoms with Gasteiger partial charge in [-0.25, -0.2) is 12.7 Å². The summed E-state index contributed by atoms with van der Waals surface area (Å²) in [5.74, 6) is 0.337. The zero-order valence-corrected chi connectivity index (χ0v) is 9.79. The van der Waals surface area contributed by atoms with E-state index in [1.165, 1.54) is 4.31 Å². The number of sulfonamides is 1. The minimum atomic E-state index is -3.11. The SMILES string of the molecule is CC(C)S(=O)(=O)N(C)CC1CC(O)C1. The van der Waals surface area contributed by atoms with Crippen molar-refractivity contribution in [2.45, 2.75) is 38.0 Å². The molecule has 1 rings (SSSR count). The number of aliphatic hydroxyl groups excluding tert-OH is 1. The van der Waals surface area contributed by atoms with Gasteiger partial charge in [0.2, 0.25) is 10.0 Å². The third-order valence-electron chi connectivity index (χ3n) is 2.76. The van der Waals surface area contributed by atoms with Crippen LogP contribution in [-0.4, -0.2) is 42.8 Å². The fourth-order valence-corrected chi connectivity index (χ4v) is 2.82. The first-order chi connectivity index (χ1) is 6.34. The van der Waals surface area contributed by atoms with Gasteiger partial charge in [0.05, 0.1) is 11.4 Å². The molecule has 0 aromatic heterocycles. The summed E-state index contributed by atoms with van der Waals surface area (Å²) in [5.41, 5.74) is 0. The maximum Gasteiger partial charge on any atom is 0.216 e. The van der Waals surface area contributed by atoms with Crippen LogP contribution in [0.1, 0.15) is 26.7 Å². The number of aliphatic hydroxyl groups is 1. The van der Waals surface area contributed by atoms with Gasteiger partial charge in [-0.05, 0) is 32.6 Å². The molecule has 1 aliphatic carbocycles. The van der Waals surface area contributed by atoms with Crippen LogP contribution in [0.4, 0.5) is 0 Å². The quantitative estimate of drug-likeness (QED) is 0.749. The van der Waals surface area contributed by atoms with Crippen molar-refractivity contribution < 1.29 is 13.5 Å². The third-order valence-corrected chi connectivity index (χ3v) is 4.97. The Morgan fingerprint density at radius 2 is 1.93 bits per heavy atom. The van der Waals surface area contributed by atoms with Gasteiger partial charge in [-0.2, -0.15) is 0 Å². The fourth-order valence-electron chi connectivity index (χ4n) is 1.68. The highest BCUT2D eigenvalue weighted by Crippen LogP contribution is 2.28. The summed E-state index contributed by atoms with van der Waals surface area (Å²) >= 11 is 0. The second kappa shape index (κ2) is 4.16. The van der Waals surface area contributed by atoms with Crippen LogP contribution in [0, 0.1) is 5.92 Å². The predicted octanol–water partition coefficient (Wildman–Crippen LogP) is 0.427.